The molecule has 0 aliphatic rings. The molecule has 0 aliphatic carbocycles. The van der Waals surface area contributed by atoms with E-state index in [0.29, 0.717) is 12.3 Å². The zero-order chi connectivity index (χ0) is 15.6. The highest BCUT2D eigenvalue weighted by atomic mass is 79.9. The van der Waals surface area contributed by atoms with Gasteiger partial charge in [0.25, 0.3) is 0 Å². The highest BCUT2D eigenvalue weighted by molar-refractivity contribution is 9.10. The van der Waals surface area contributed by atoms with E-state index in [0.717, 1.165) is 9.75 Å². The van der Waals surface area contributed by atoms with Gasteiger partial charge in [0.05, 0.1) is 12.6 Å². The maximum absolute atomic E-state index is 12.4. The lowest BCUT2D eigenvalue weighted by Crippen LogP contribution is -2.26. The van der Waals surface area contributed by atoms with Crippen LogP contribution in [0.5, 0.6) is 0 Å². The lowest BCUT2D eigenvalue weighted by atomic mass is 10.3. The van der Waals surface area contributed by atoms with Crippen LogP contribution in [-0.2, 0) is 16.6 Å². The molecular formula is C13H17BrN2O3S2. The molecule has 0 radical (unpaired) electrons. The fraction of sp³-hybridized carbons (Fsp3) is 0.385. The average molecular weight is 393 g/mol. The Labute approximate surface area is 136 Å². The number of aryl methyl sites for hydroxylation is 1. The summed E-state index contributed by atoms with van der Waals surface area (Å²) in [4.78, 5) is 2.25. The van der Waals surface area contributed by atoms with E-state index in [4.69, 9.17) is 4.42 Å². The minimum absolute atomic E-state index is 0.118. The van der Waals surface area contributed by atoms with Crippen LogP contribution in [0.4, 0.5) is 0 Å². The average Bonchev–Trinajstić information content (AvgIpc) is 2.96. The van der Waals surface area contributed by atoms with E-state index in [1.807, 2.05) is 26.0 Å². The summed E-state index contributed by atoms with van der Waals surface area (Å²) in [6.45, 7) is 4.28. The molecule has 5 nitrogen and oxygen atoms in total. The highest BCUT2D eigenvalue weighted by Gasteiger charge is 2.25. The Morgan fingerprint density at radius 2 is 2.14 bits per heavy atom. The van der Waals surface area contributed by atoms with Gasteiger partial charge in [-0.05, 0) is 49.0 Å². The number of nitrogens with one attached hydrogen (secondary N) is 2. The smallest absolute Gasteiger partial charge is 0.245 e. The van der Waals surface area contributed by atoms with Crippen molar-refractivity contribution in [3.63, 3.8) is 0 Å². The Balaban J connectivity index is 2.22. The molecule has 1 unspecified atom stereocenters. The summed E-state index contributed by atoms with van der Waals surface area (Å²) in [7, 11) is -1.87. The van der Waals surface area contributed by atoms with Gasteiger partial charge < -0.3 is 9.73 Å². The SMILES string of the molecule is CNCc1cc(S(=O)(=O)NC(C)c2ccc(C)s2)c(Br)o1. The summed E-state index contributed by atoms with van der Waals surface area (Å²) < 4.78 is 33.1. The van der Waals surface area contributed by atoms with Crippen LogP contribution in [0.15, 0.2) is 32.2 Å². The first-order valence-electron chi connectivity index (χ1n) is 6.35. The van der Waals surface area contributed by atoms with Crippen LogP contribution in [0.3, 0.4) is 0 Å². The minimum Gasteiger partial charge on any atom is -0.452 e. The number of sulfonamides is 1. The Morgan fingerprint density at radius 3 is 2.71 bits per heavy atom. The first-order valence-corrected chi connectivity index (χ1v) is 9.44. The molecule has 21 heavy (non-hydrogen) atoms. The Hall–Kier alpha value is -0.670. The molecule has 0 aromatic carbocycles. The lowest BCUT2D eigenvalue weighted by Gasteiger charge is -2.11. The molecule has 2 aromatic heterocycles. The zero-order valence-corrected chi connectivity index (χ0v) is 15.2. The van der Waals surface area contributed by atoms with Crippen LogP contribution < -0.4 is 10.0 Å². The van der Waals surface area contributed by atoms with E-state index in [1.54, 1.807) is 18.4 Å². The summed E-state index contributed by atoms with van der Waals surface area (Å²) in [6, 6.07) is 5.14. The monoisotopic (exact) mass is 392 g/mol. The molecule has 0 spiro atoms. The quantitative estimate of drug-likeness (QED) is 0.791. The van der Waals surface area contributed by atoms with Gasteiger partial charge in [-0.3, -0.25) is 0 Å². The molecule has 116 valence electrons. The predicted molar refractivity (Wildman–Crippen MR) is 87.0 cm³/mol. The van der Waals surface area contributed by atoms with Crippen LogP contribution in [0.1, 0.15) is 28.5 Å². The molecule has 8 heteroatoms. The summed E-state index contributed by atoms with van der Waals surface area (Å²) in [5.74, 6) is 0.560. The van der Waals surface area contributed by atoms with Gasteiger partial charge in [-0.2, -0.15) is 0 Å². The van der Waals surface area contributed by atoms with Gasteiger partial charge >= 0.3 is 0 Å². The van der Waals surface area contributed by atoms with Crippen LogP contribution in [0.2, 0.25) is 0 Å². The number of halogens is 1. The third-order valence-electron chi connectivity index (χ3n) is 2.87. The van der Waals surface area contributed by atoms with Crippen molar-refractivity contribution in [2.75, 3.05) is 7.05 Å². The van der Waals surface area contributed by atoms with Gasteiger partial charge in [-0.15, -0.1) is 11.3 Å². The molecule has 2 aromatic rings. The first kappa shape index (κ1) is 16.7. The lowest BCUT2D eigenvalue weighted by molar-refractivity contribution is 0.470. The van der Waals surface area contributed by atoms with E-state index in [1.165, 1.54) is 6.07 Å². The van der Waals surface area contributed by atoms with Crippen molar-refractivity contribution in [3.8, 4) is 0 Å². The van der Waals surface area contributed by atoms with Crippen LogP contribution in [0.25, 0.3) is 0 Å². The van der Waals surface area contributed by atoms with E-state index in [-0.39, 0.29) is 15.6 Å². The van der Waals surface area contributed by atoms with Crippen molar-refractivity contribution in [2.24, 2.45) is 0 Å². The van der Waals surface area contributed by atoms with E-state index < -0.39 is 10.0 Å². The van der Waals surface area contributed by atoms with Crippen molar-refractivity contribution >= 4 is 37.3 Å². The van der Waals surface area contributed by atoms with E-state index in [2.05, 4.69) is 26.0 Å². The summed E-state index contributed by atoms with van der Waals surface area (Å²) in [6.07, 6.45) is 0. The summed E-state index contributed by atoms with van der Waals surface area (Å²) in [5, 5.41) is 2.92. The fourth-order valence-corrected chi connectivity index (χ4v) is 5.06. The zero-order valence-electron chi connectivity index (χ0n) is 11.9. The van der Waals surface area contributed by atoms with E-state index >= 15 is 0 Å². The molecule has 2 rings (SSSR count). The minimum atomic E-state index is -3.64. The predicted octanol–water partition coefficient (Wildman–Crippen LogP) is 3.17. The molecule has 0 bridgehead atoms. The van der Waals surface area contributed by atoms with Gasteiger partial charge in [-0.25, -0.2) is 13.1 Å². The Bertz CT molecular complexity index is 722. The maximum Gasteiger partial charge on any atom is 0.245 e. The Kier molecular flexibility index (Phi) is 5.26. The van der Waals surface area contributed by atoms with Crippen LogP contribution in [0, 0.1) is 6.92 Å². The van der Waals surface area contributed by atoms with Gasteiger partial charge in [0.1, 0.15) is 10.7 Å². The standard InChI is InChI=1S/C13H17BrN2O3S2/c1-8-4-5-11(20-8)9(2)16-21(17,18)12-6-10(7-15-3)19-13(12)14/h4-6,9,15-16H,7H2,1-3H3. The fourth-order valence-electron chi connectivity index (χ4n) is 1.88. The van der Waals surface area contributed by atoms with Gasteiger partial charge in [0.15, 0.2) is 4.67 Å². The number of rotatable bonds is 6. The number of thiophene rings is 1. The second-order valence-corrected chi connectivity index (χ2v) is 8.39. The number of hydrogen-bond donors (Lipinski definition) is 2. The van der Waals surface area contributed by atoms with Crippen molar-refractivity contribution in [1.82, 2.24) is 10.0 Å². The maximum atomic E-state index is 12.4. The Morgan fingerprint density at radius 1 is 1.43 bits per heavy atom. The summed E-state index contributed by atoms with van der Waals surface area (Å²) in [5.41, 5.74) is 0. The molecule has 0 fully saturated rings. The third-order valence-corrected chi connectivity index (χ3v) is 6.45. The topological polar surface area (TPSA) is 71.3 Å². The highest BCUT2D eigenvalue weighted by Crippen LogP contribution is 2.29. The molecule has 0 saturated carbocycles. The normalized spacial score (nSPS) is 13.5. The molecule has 2 heterocycles. The van der Waals surface area contributed by atoms with Gasteiger partial charge in [0.2, 0.25) is 10.0 Å². The number of hydrogen-bond acceptors (Lipinski definition) is 5. The van der Waals surface area contributed by atoms with Crippen molar-refractivity contribution in [1.29, 1.82) is 0 Å². The molecule has 0 aliphatic heterocycles. The molecule has 1 atom stereocenters. The van der Waals surface area contributed by atoms with Gasteiger partial charge in [0, 0.05) is 15.8 Å². The second kappa shape index (κ2) is 6.62. The van der Waals surface area contributed by atoms with Crippen molar-refractivity contribution in [2.45, 2.75) is 31.3 Å². The van der Waals surface area contributed by atoms with Crippen LogP contribution >= 0.6 is 27.3 Å². The largest absolute Gasteiger partial charge is 0.452 e. The van der Waals surface area contributed by atoms with Crippen molar-refractivity contribution in [3.05, 3.63) is 38.4 Å². The molecule has 0 saturated heterocycles. The first-order chi connectivity index (χ1) is 9.83. The van der Waals surface area contributed by atoms with E-state index in [9.17, 15) is 8.42 Å². The summed E-state index contributed by atoms with van der Waals surface area (Å²) >= 11 is 4.74. The molecular weight excluding hydrogens is 376 g/mol. The second-order valence-electron chi connectivity index (χ2n) is 4.67. The molecule has 2 N–H and O–H groups in total. The van der Waals surface area contributed by atoms with Crippen molar-refractivity contribution < 1.29 is 12.8 Å². The third kappa shape index (κ3) is 3.95. The van der Waals surface area contributed by atoms with Gasteiger partial charge in [-0.1, -0.05) is 0 Å². The molecule has 0 amide bonds. The van der Waals surface area contributed by atoms with Crippen LogP contribution in [-0.4, -0.2) is 15.5 Å². The number of furan rings is 1.